The van der Waals surface area contributed by atoms with E-state index in [1.165, 1.54) is 10.9 Å². The number of nitrogen functional groups attached to an aromatic ring is 1. The molecule has 2 aromatic rings. The number of aromatic nitrogens is 2. The highest BCUT2D eigenvalue weighted by atomic mass is 16.5. The van der Waals surface area contributed by atoms with E-state index in [-0.39, 0.29) is 12.5 Å². The minimum absolute atomic E-state index is 0.124. The molecule has 0 aliphatic rings. The molecule has 0 atom stereocenters. The molecular weight excluding hydrogens is 256 g/mol. The topological polar surface area (TPSA) is 82.2 Å². The van der Waals surface area contributed by atoms with Crippen molar-refractivity contribution in [2.45, 2.75) is 13.5 Å². The maximum Gasteiger partial charge on any atom is 0.241 e. The number of carbonyl (C=O) groups is 1. The number of hydrogen-bond acceptors (Lipinski definition) is 4. The molecule has 0 saturated carbocycles. The number of ether oxygens (including phenoxy) is 1. The average Bonchev–Trinajstić information content (AvgIpc) is 2.80. The van der Waals surface area contributed by atoms with Gasteiger partial charge in [-0.3, -0.25) is 9.48 Å². The fraction of sp³-hybridized carbons (Fsp3) is 0.286. The Morgan fingerprint density at radius 1 is 1.50 bits per heavy atom. The quantitative estimate of drug-likeness (QED) is 0.769. The molecule has 106 valence electrons. The summed E-state index contributed by atoms with van der Waals surface area (Å²) in [7, 11) is 0. The second-order valence-electron chi connectivity index (χ2n) is 4.49. The van der Waals surface area contributed by atoms with Crippen molar-refractivity contribution >= 4 is 11.6 Å². The van der Waals surface area contributed by atoms with Crippen molar-refractivity contribution < 1.29 is 9.53 Å². The number of nitrogens with one attached hydrogen (secondary N) is 1. The zero-order valence-electron chi connectivity index (χ0n) is 11.4. The van der Waals surface area contributed by atoms with Crippen LogP contribution in [-0.4, -0.2) is 28.8 Å². The molecule has 0 bridgehead atoms. The van der Waals surface area contributed by atoms with Crippen LogP contribution >= 0.6 is 0 Å². The largest absolute Gasteiger partial charge is 0.492 e. The van der Waals surface area contributed by atoms with Gasteiger partial charge in [0.2, 0.25) is 5.91 Å². The van der Waals surface area contributed by atoms with Crippen molar-refractivity contribution in [1.82, 2.24) is 15.1 Å². The van der Waals surface area contributed by atoms with E-state index >= 15 is 0 Å². The molecule has 0 aliphatic heterocycles. The van der Waals surface area contributed by atoms with E-state index in [9.17, 15) is 4.79 Å². The standard InChI is InChI=1S/C14H18N4O2/c1-11-3-2-4-13(7-11)20-6-5-16-14(19)10-18-9-12(15)8-17-18/h2-4,7-9H,5-6,10,15H2,1H3,(H,16,19). The molecule has 0 radical (unpaired) electrons. The van der Waals surface area contributed by atoms with Gasteiger partial charge >= 0.3 is 0 Å². The summed E-state index contributed by atoms with van der Waals surface area (Å²) in [4.78, 5) is 11.6. The van der Waals surface area contributed by atoms with Crippen LogP contribution < -0.4 is 15.8 Å². The van der Waals surface area contributed by atoms with Crippen LogP contribution in [0.2, 0.25) is 0 Å². The zero-order valence-corrected chi connectivity index (χ0v) is 11.4. The number of hydrogen-bond donors (Lipinski definition) is 2. The van der Waals surface area contributed by atoms with Crippen LogP contribution in [0.15, 0.2) is 36.7 Å². The normalized spacial score (nSPS) is 10.2. The molecule has 1 amide bonds. The van der Waals surface area contributed by atoms with Crippen LogP contribution in [-0.2, 0) is 11.3 Å². The van der Waals surface area contributed by atoms with E-state index in [4.69, 9.17) is 10.5 Å². The summed E-state index contributed by atoms with van der Waals surface area (Å²) in [5.41, 5.74) is 7.20. The number of benzene rings is 1. The first-order valence-electron chi connectivity index (χ1n) is 6.37. The van der Waals surface area contributed by atoms with E-state index in [1.54, 1.807) is 6.20 Å². The summed E-state index contributed by atoms with van der Waals surface area (Å²) in [5, 5.41) is 6.70. The number of nitrogens with two attached hydrogens (primary N) is 1. The molecule has 6 heteroatoms. The lowest BCUT2D eigenvalue weighted by atomic mass is 10.2. The minimum atomic E-state index is -0.124. The van der Waals surface area contributed by atoms with Gasteiger partial charge in [0.05, 0.1) is 18.4 Å². The predicted octanol–water partition coefficient (Wildman–Crippen LogP) is 0.969. The third-order valence-electron chi connectivity index (χ3n) is 2.64. The van der Waals surface area contributed by atoms with Crippen molar-refractivity contribution in [2.24, 2.45) is 0 Å². The third-order valence-corrected chi connectivity index (χ3v) is 2.64. The summed E-state index contributed by atoms with van der Waals surface area (Å²) >= 11 is 0. The Bertz CT molecular complexity index is 580. The zero-order chi connectivity index (χ0) is 14.4. The van der Waals surface area contributed by atoms with Crippen LogP contribution in [0.5, 0.6) is 5.75 Å². The van der Waals surface area contributed by atoms with E-state index in [2.05, 4.69) is 10.4 Å². The molecule has 1 heterocycles. The number of carbonyl (C=O) groups excluding carboxylic acids is 1. The smallest absolute Gasteiger partial charge is 0.241 e. The second kappa shape index (κ2) is 6.60. The van der Waals surface area contributed by atoms with Crippen LogP contribution in [0.1, 0.15) is 5.56 Å². The van der Waals surface area contributed by atoms with Gasteiger partial charge in [-0.2, -0.15) is 5.10 Å². The Kier molecular flexibility index (Phi) is 4.60. The number of rotatable bonds is 6. The fourth-order valence-corrected chi connectivity index (χ4v) is 1.73. The van der Waals surface area contributed by atoms with Crippen LogP contribution in [0.25, 0.3) is 0 Å². The highest BCUT2D eigenvalue weighted by Crippen LogP contribution is 2.11. The molecule has 0 unspecified atom stereocenters. The number of aryl methyl sites for hydroxylation is 1. The molecule has 20 heavy (non-hydrogen) atoms. The molecule has 3 N–H and O–H groups in total. The van der Waals surface area contributed by atoms with Gasteiger partial charge in [-0.05, 0) is 24.6 Å². The Balaban J connectivity index is 1.67. The maximum atomic E-state index is 11.6. The first kappa shape index (κ1) is 13.9. The van der Waals surface area contributed by atoms with Gasteiger partial charge in [-0.1, -0.05) is 12.1 Å². The minimum Gasteiger partial charge on any atom is -0.492 e. The molecule has 6 nitrogen and oxygen atoms in total. The fourth-order valence-electron chi connectivity index (χ4n) is 1.73. The number of amides is 1. The van der Waals surface area contributed by atoms with Crippen LogP contribution in [0, 0.1) is 6.92 Å². The van der Waals surface area contributed by atoms with Crippen molar-refractivity contribution in [1.29, 1.82) is 0 Å². The van der Waals surface area contributed by atoms with Crippen molar-refractivity contribution in [3.63, 3.8) is 0 Å². The monoisotopic (exact) mass is 274 g/mol. The predicted molar refractivity (Wildman–Crippen MR) is 76.3 cm³/mol. The van der Waals surface area contributed by atoms with Gasteiger partial charge in [-0.15, -0.1) is 0 Å². The summed E-state index contributed by atoms with van der Waals surface area (Å²) in [5.74, 6) is 0.681. The van der Waals surface area contributed by atoms with Gasteiger partial charge in [0.1, 0.15) is 18.9 Å². The van der Waals surface area contributed by atoms with Crippen molar-refractivity contribution in [3.8, 4) is 5.75 Å². The van der Waals surface area contributed by atoms with Gasteiger partial charge < -0.3 is 15.8 Å². The molecule has 1 aromatic carbocycles. The molecule has 1 aromatic heterocycles. The van der Waals surface area contributed by atoms with E-state index in [1.807, 2.05) is 31.2 Å². The summed E-state index contributed by atoms with van der Waals surface area (Å²) in [6.45, 7) is 3.03. The molecule has 2 rings (SSSR count). The van der Waals surface area contributed by atoms with Gasteiger partial charge in [0.15, 0.2) is 0 Å². The Morgan fingerprint density at radius 3 is 3.05 bits per heavy atom. The van der Waals surface area contributed by atoms with E-state index in [0.29, 0.717) is 18.8 Å². The highest BCUT2D eigenvalue weighted by Gasteiger charge is 2.03. The second-order valence-corrected chi connectivity index (χ2v) is 4.49. The van der Waals surface area contributed by atoms with Crippen LogP contribution in [0.4, 0.5) is 5.69 Å². The van der Waals surface area contributed by atoms with E-state index in [0.717, 1.165) is 11.3 Å². The lowest BCUT2D eigenvalue weighted by Gasteiger charge is -2.08. The Hall–Kier alpha value is -2.50. The molecule has 0 spiro atoms. The lowest BCUT2D eigenvalue weighted by molar-refractivity contribution is -0.121. The Labute approximate surface area is 117 Å². The molecular formula is C14H18N4O2. The average molecular weight is 274 g/mol. The Morgan fingerprint density at radius 2 is 2.35 bits per heavy atom. The SMILES string of the molecule is Cc1cccc(OCCNC(=O)Cn2cc(N)cn2)c1. The van der Waals surface area contributed by atoms with Gasteiger partial charge in [0, 0.05) is 6.20 Å². The van der Waals surface area contributed by atoms with Gasteiger partial charge in [0.25, 0.3) is 0 Å². The first-order valence-corrected chi connectivity index (χ1v) is 6.37. The first-order chi connectivity index (χ1) is 9.63. The van der Waals surface area contributed by atoms with E-state index < -0.39 is 0 Å². The summed E-state index contributed by atoms with van der Waals surface area (Å²) in [6.07, 6.45) is 3.12. The van der Waals surface area contributed by atoms with Crippen LogP contribution in [0.3, 0.4) is 0 Å². The molecule has 0 aliphatic carbocycles. The molecule has 0 fully saturated rings. The third kappa shape index (κ3) is 4.31. The maximum absolute atomic E-state index is 11.6. The van der Waals surface area contributed by atoms with Crippen molar-refractivity contribution in [3.05, 3.63) is 42.2 Å². The molecule has 0 saturated heterocycles. The lowest BCUT2D eigenvalue weighted by Crippen LogP contribution is -2.31. The summed E-state index contributed by atoms with van der Waals surface area (Å²) < 4.78 is 7.03. The van der Waals surface area contributed by atoms with Gasteiger partial charge in [-0.25, -0.2) is 0 Å². The number of anilines is 1. The summed E-state index contributed by atoms with van der Waals surface area (Å²) in [6, 6.07) is 7.78. The highest BCUT2D eigenvalue weighted by molar-refractivity contribution is 5.75. The number of nitrogens with zero attached hydrogens (tertiary/aromatic N) is 2. The van der Waals surface area contributed by atoms with Crippen molar-refractivity contribution in [2.75, 3.05) is 18.9 Å².